The van der Waals surface area contributed by atoms with Crippen LogP contribution in [0.3, 0.4) is 0 Å². The Kier molecular flexibility index (Phi) is 5.61. The Morgan fingerprint density at radius 2 is 2.50 bits per heavy atom. The van der Waals surface area contributed by atoms with Crippen molar-refractivity contribution in [3.8, 4) is 0 Å². The predicted molar refractivity (Wildman–Crippen MR) is 55.3 cm³/mol. The number of rotatable bonds is 6. The number of nitrogens with zero attached hydrogens (tertiary/aromatic N) is 1. The number of alkyl halides is 1. The molecule has 0 bridgehead atoms. The largest absolute Gasteiger partial charge is 0.477 e. The molecule has 2 atom stereocenters. The van der Waals surface area contributed by atoms with Crippen LogP contribution in [-0.2, 0) is 9.63 Å². The van der Waals surface area contributed by atoms with E-state index in [1.54, 1.807) is 0 Å². The minimum Gasteiger partial charge on any atom is -0.477 e. The van der Waals surface area contributed by atoms with Crippen LogP contribution in [0.15, 0.2) is 0 Å². The van der Waals surface area contributed by atoms with E-state index in [-0.39, 0.29) is 6.04 Å². The van der Waals surface area contributed by atoms with Gasteiger partial charge in [0.05, 0.1) is 0 Å². The third-order valence-corrected chi connectivity index (χ3v) is 2.48. The molecule has 16 heavy (non-hydrogen) atoms. The number of nitrogens with one attached hydrogen (secondary N) is 1. The zero-order chi connectivity index (χ0) is 12.0. The van der Waals surface area contributed by atoms with Gasteiger partial charge in [0, 0.05) is 25.7 Å². The van der Waals surface area contributed by atoms with E-state index in [1.807, 2.05) is 0 Å². The Hall–Kier alpha value is -0.760. The maximum Gasteiger partial charge on any atom is 0.367 e. The molecule has 0 amide bonds. The molecular weight excluding hydrogens is 217 g/mol. The van der Waals surface area contributed by atoms with E-state index in [0.29, 0.717) is 13.1 Å². The van der Waals surface area contributed by atoms with Gasteiger partial charge in [0.15, 0.2) is 0 Å². The van der Waals surface area contributed by atoms with E-state index in [1.165, 1.54) is 0 Å². The van der Waals surface area contributed by atoms with Crippen LogP contribution < -0.4 is 11.2 Å². The minimum absolute atomic E-state index is 0.0436. The third-order valence-electron chi connectivity index (χ3n) is 2.48. The molecule has 94 valence electrons. The number of likely N-dealkylation sites (tertiary alicyclic amines) is 1. The second kappa shape index (κ2) is 6.74. The van der Waals surface area contributed by atoms with Crippen molar-refractivity contribution in [3.63, 3.8) is 0 Å². The van der Waals surface area contributed by atoms with Gasteiger partial charge in [0.25, 0.3) is 0 Å². The molecule has 1 fully saturated rings. The highest BCUT2D eigenvalue weighted by Gasteiger charge is 2.22. The normalized spacial score (nSPS) is 24.2. The minimum atomic E-state index is -2.31. The zero-order valence-electron chi connectivity index (χ0n) is 9.06. The van der Waals surface area contributed by atoms with Gasteiger partial charge in [-0.1, -0.05) is 0 Å². The van der Waals surface area contributed by atoms with Crippen LogP contribution >= 0.6 is 0 Å². The van der Waals surface area contributed by atoms with E-state index in [4.69, 9.17) is 10.8 Å². The molecule has 0 saturated carbocycles. The Morgan fingerprint density at radius 1 is 1.75 bits per heavy atom. The number of carbonyl (C=O) groups is 1. The Bertz CT molecular complexity index is 228. The molecule has 0 aromatic heterocycles. The van der Waals surface area contributed by atoms with Crippen molar-refractivity contribution >= 4 is 5.97 Å². The van der Waals surface area contributed by atoms with Crippen molar-refractivity contribution in [1.29, 1.82) is 0 Å². The highest BCUT2D eigenvalue weighted by Crippen LogP contribution is 2.09. The van der Waals surface area contributed by atoms with Crippen molar-refractivity contribution in [2.24, 2.45) is 5.73 Å². The fraction of sp³-hybridized carbons (Fsp3) is 0.889. The summed E-state index contributed by atoms with van der Waals surface area (Å²) in [6.07, 6.45) is -0.511. The molecule has 2 unspecified atom stereocenters. The molecule has 4 N–H and O–H groups in total. The standard InChI is InChI=1S/C9H18FN3O3/c10-8(9(14)15)16-12-7-2-1-4-13(6-7)5-3-11/h7-8,12H,1-6,11H2,(H,14,15). The van der Waals surface area contributed by atoms with Crippen molar-refractivity contribution in [3.05, 3.63) is 0 Å². The van der Waals surface area contributed by atoms with Crippen LogP contribution in [0, 0.1) is 0 Å². The second-order valence-electron chi connectivity index (χ2n) is 3.82. The Balaban J connectivity index is 2.23. The predicted octanol–water partition coefficient (Wildman–Crippen LogP) is -0.689. The number of halogens is 1. The summed E-state index contributed by atoms with van der Waals surface area (Å²) in [6, 6.07) is -0.0436. The van der Waals surface area contributed by atoms with Crippen molar-refractivity contribution in [1.82, 2.24) is 10.4 Å². The molecule has 1 aliphatic heterocycles. The van der Waals surface area contributed by atoms with Crippen LogP contribution in [0.4, 0.5) is 4.39 Å². The number of nitrogens with two attached hydrogens (primary N) is 1. The molecule has 1 heterocycles. The van der Waals surface area contributed by atoms with Gasteiger partial charge >= 0.3 is 12.3 Å². The molecule has 1 aliphatic rings. The molecule has 0 spiro atoms. The van der Waals surface area contributed by atoms with E-state index in [0.717, 1.165) is 25.9 Å². The van der Waals surface area contributed by atoms with Gasteiger partial charge in [0.1, 0.15) is 0 Å². The lowest BCUT2D eigenvalue weighted by Crippen LogP contribution is -2.48. The highest BCUT2D eigenvalue weighted by molar-refractivity contribution is 5.70. The van der Waals surface area contributed by atoms with Gasteiger partial charge in [-0.3, -0.25) is 4.84 Å². The SMILES string of the molecule is NCCN1CCCC(NOC(F)C(=O)O)C1. The van der Waals surface area contributed by atoms with Crippen LogP contribution in [-0.4, -0.2) is 54.6 Å². The van der Waals surface area contributed by atoms with Gasteiger partial charge < -0.3 is 15.7 Å². The average Bonchev–Trinajstić information content (AvgIpc) is 2.26. The van der Waals surface area contributed by atoms with Crippen LogP contribution in [0.25, 0.3) is 0 Å². The fourth-order valence-electron chi connectivity index (χ4n) is 1.74. The third kappa shape index (κ3) is 4.40. The molecule has 6 nitrogen and oxygen atoms in total. The van der Waals surface area contributed by atoms with E-state index >= 15 is 0 Å². The van der Waals surface area contributed by atoms with Crippen LogP contribution in [0.5, 0.6) is 0 Å². The smallest absolute Gasteiger partial charge is 0.367 e. The lowest BCUT2D eigenvalue weighted by Gasteiger charge is -2.32. The van der Waals surface area contributed by atoms with Gasteiger partial charge in [-0.15, -0.1) is 0 Å². The Morgan fingerprint density at radius 3 is 3.12 bits per heavy atom. The molecule has 1 saturated heterocycles. The first-order chi connectivity index (χ1) is 7.63. The van der Waals surface area contributed by atoms with Crippen molar-refractivity contribution < 1.29 is 19.1 Å². The number of carboxylic acids is 1. The van der Waals surface area contributed by atoms with Gasteiger partial charge in [0.2, 0.25) is 0 Å². The lowest BCUT2D eigenvalue weighted by atomic mass is 10.1. The van der Waals surface area contributed by atoms with Crippen LogP contribution in [0.1, 0.15) is 12.8 Å². The molecule has 0 aromatic rings. The average molecular weight is 235 g/mol. The number of carboxylic acid groups (broad SMARTS) is 1. The second-order valence-corrected chi connectivity index (χ2v) is 3.82. The summed E-state index contributed by atoms with van der Waals surface area (Å²) in [6.45, 7) is 3.03. The maximum absolute atomic E-state index is 12.6. The molecule has 1 rings (SSSR count). The van der Waals surface area contributed by atoms with Crippen molar-refractivity contribution in [2.75, 3.05) is 26.2 Å². The maximum atomic E-state index is 12.6. The first-order valence-electron chi connectivity index (χ1n) is 5.34. The topological polar surface area (TPSA) is 87.8 Å². The van der Waals surface area contributed by atoms with Gasteiger partial charge in [-0.05, 0) is 19.4 Å². The highest BCUT2D eigenvalue weighted by atomic mass is 19.1. The summed E-state index contributed by atoms with van der Waals surface area (Å²) < 4.78 is 12.6. The van der Waals surface area contributed by atoms with E-state index in [9.17, 15) is 9.18 Å². The summed E-state index contributed by atoms with van der Waals surface area (Å²) in [5.74, 6) is -1.62. The number of hydrogen-bond donors (Lipinski definition) is 3. The Labute approximate surface area is 93.5 Å². The first-order valence-corrected chi connectivity index (χ1v) is 5.34. The number of hydroxylamine groups is 1. The quantitative estimate of drug-likeness (QED) is 0.528. The summed E-state index contributed by atoms with van der Waals surface area (Å²) in [7, 11) is 0. The number of aliphatic carboxylic acids is 1. The number of piperidine rings is 1. The fourth-order valence-corrected chi connectivity index (χ4v) is 1.74. The summed E-state index contributed by atoms with van der Waals surface area (Å²) in [5.41, 5.74) is 7.89. The van der Waals surface area contributed by atoms with Crippen molar-refractivity contribution in [2.45, 2.75) is 25.2 Å². The van der Waals surface area contributed by atoms with E-state index < -0.39 is 12.3 Å². The summed E-state index contributed by atoms with van der Waals surface area (Å²) in [5, 5.41) is 8.28. The summed E-state index contributed by atoms with van der Waals surface area (Å²) in [4.78, 5) is 16.7. The van der Waals surface area contributed by atoms with Crippen LogP contribution in [0.2, 0.25) is 0 Å². The monoisotopic (exact) mass is 235 g/mol. The first kappa shape index (κ1) is 13.3. The zero-order valence-corrected chi connectivity index (χ0v) is 9.06. The van der Waals surface area contributed by atoms with Gasteiger partial charge in [-0.2, -0.15) is 5.48 Å². The molecule has 0 aromatic carbocycles. The number of hydrogen-bond acceptors (Lipinski definition) is 5. The molecule has 0 radical (unpaired) electrons. The molecular formula is C9H18FN3O3. The summed E-state index contributed by atoms with van der Waals surface area (Å²) >= 11 is 0. The van der Waals surface area contributed by atoms with Gasteiger partial charge in [-0.25, -0.2) is 9.18 Å². The lowest BCUT2D eigenvalue weighted by molar-refractivity contribution is -0.177. The van der Waals surface area contributed by atoms with E-state index in [2.05, 4.69) is 15.2 Å². The molecule has 7 heteroatoms. The molecule has 0 aliphatic carbocycles.